The van der Waals surface area contributed by atoms with E-state index in [4.69, 9.17) is 4.42 Å². The Kier molecular flexibility index (Phi) is 4.02. The highest BCUT2D eigenvalue weighted by Gasteiger charge is 2.27. The number of aryl methyl sites for hydroxylation is 1. The number of hydrogen-bond acceptors (Lipinski definition) is 4. The van der Waals surface area contributed by atoms with Gasteiger partial charge in [0.1, 0.15) is 0 Å². The summed E-state index contributed by atoms with van der Waals surface area (Å²) in [4.78, 5) is 29.5. The molecule has 3 rings (SSSR count). The van der Waals surface area contributed by atoms with Gasteiger partial charge < -0.3 is 14.2 Å². The summed E-state index contributed by atoms with van der Waals surface area (Å²) < 4.78 is 5.14. The van der Waals surface area contributed by atoms with Gasteiger partial charge in [-0.25, -0.2) is 0 Å². The number of piperazine rings is 1. The molecule has 1 saturated heterocycles. The lowest BCUT2D eigenvalue weighted by molar-refractivity contribution is 0.0518. The lowest BCUT2D eigenvalue weighted by Crippen LogP contribution is -2.50. The molecule has 0 bridgehead atoms. The topological polar surface area (TPSA) is 53.8 Å². The number of hydrogen-bond donors (Lipinski definition) is 0. The minimum atomic E-state index is -0.111. The standard InChI is InChI=1S/C16H18N2O3S/c1-11-12(2)22-10-13(11)15(19)17-5-7-18(8-6-17)16(20)14-4-3-9-21-14/h3-4,9-10H,5-8H2,1-2H3. The van der Waals surface area contributed by atoms with E-state index < -0.39 is 0 Å². The van der Waals surface area contributed by atoms with Crippen molar-refractivity contribution in [1.82, 2.24) is 9.80 Å². The Hall–Kier alpha value is -2.08. The molecule has 116 valence electrons. The number of carbonyl (C=O) groups excluding carboxylic acids is 2. The third kappa shape index (κ3) is 2.66. The van der Waals surface area contributed by atoms with E-state index in [1.54, 1.807) is 28.4 Å². The summed E-state index contributed by atoms with van der Waals surface area (Å²) in [5.74, 6) is 0.302. The molecule has 2 aromatic heterocycles. The Morgan fingerprint density at radius 3 is 2.23 bits per heavy atom. The van der Waals surface area contributed by atoms with Crippen LogP contribution in [0.5, 0.6) is 0 Å². The zero-order valence-electron chi connectivity index (χ0n) is 12.7. The highest BCUT2D eigenvalue weighted by molar-refractivity contribution is 7.10. The molecule has 0 unspecified atom stereocenters. The van der Waals surface area contributed by atoms with Crippen LogP contribution in [0.2, 0.25) is 0 Å². The lowest BCUT2D eigenvalue weighted by Gasteiger charge is -2.34. The fourth-order valence-electron chi connectivity index (χ4n) is 2.56. The first-order valence-electron chi connectivity index (χ1n) is 7.24. The summed E-state index contributed by atoms with van der Waals surface area (Å²) in [5, 5.41) is 1.92. The second-order valence-corrected chi connectivity index (χ2v) is 6.48. The van der Waals surface area contributed by atoms with Gasteiger partial charge in [0, 0.05) is 36.4 Å². The van der Waals surface area contributed by atoms with E-state index in [1.165, 1.54) is 11.1 Å². The molecule has 1 aliphatic heterocycles. The molecule has 0 spiro atoms. The zero-order chi connectivity index (χ0) is 15.7. The molecule has 1 aliphatic rings. The summed E-state index contributed by atoms with van der Waals surface area (Å²) in [6.07, 6.45) is 1.49. The molecule has 6 heteroatoms. The molecule has 5 nitrogen and oxygen atoms in total. The van der Waals surface area contributed by atoms with Gasteiger partial charge in [0.2, 0.25) is 0 Å². The third-order valence-electron chi connectivity index (χ3n) is 4.10. The number of nitrogens with zero attached hydrogens (tertiary/aromatic N) is 2. The van der Waals surface area contributed by atoms with Crippen molar-refractivity contribution in [2.24, 2.45) is 0 Å². The molecule has 0 aromatic carbocycles. The van der Waals surface area contributed by atoms with Crippen molar-refractivity contribution < 1.29 is 14.0 Å². The van der Waals surface area contributed by atoms with Crippen molar-refractivity contribution in [3.8, 4) is 0 Å². The van der Waals surface area contributed by atoms with Crippen molar-refractivity contribution in [1.29, 1.82) is 0 Å². The molecule has 1 fully saturated rings. The molecule has 0 radical (unpaired) electrons. The number of amides is 2. The van der Waals surface area contributed by atoms with Crippen molar-refractivity contribution in [3.63, 3.8) is 0 Å². The molecule has 0 aliphatic carbocycles. The fourth-order valence-corrected chi connectivity index (χ4v) is 3.42. The Labute approximate surface area is 133 Å². The van der Waals surface area contributed by atoms with Crippen LogP contribution in [-0.2, 0) is 0 Å². The molecular formula is C16H18N2O3S. The summed E-state index contributed by atoms with van der Waals surface area (Å²) in [6, 6.07) is 3.37. The van der Waals surface area contributed by atoms with E-state index in [0.29, 0.717) is 31.9 Å². The zero-order valence-corrected chi connectivity index (χ0v) is 13.5. The average Bonchev–Trinajstić information content (AvgIpc) is 3.18. The molecule has 0 N–H and O–H groups in total. The number of furan rings is 1. The van der Waals surface area contributed by atoms with Gasteiger partial charge in [0.05, 0.1) is 11.8 Å². The summed E-state index contributed by atoms with van der Waals surface area (Å²) >= 11 is 1.60. The highest BCUT2D eigenvalue weighted by Crippen LogP contribution is 2.22. The third-order valence-corrected chi connectivity index (χ3v) is 5.12. The van der Waals surface area contributed by atoms with Crippen molar-refractivity contribution in [2.75, 3.05) is 26.2 Å². The fraction of sp³-hybridized carbons (Fsp3) is 0.375. The van der Waals surface area contributed by atoms with Crippen LogP contribution in [0.25, 0.3) is 0 Å². The normalized spacial score (nSPS) is 15.2. The van der Waals surface area contributed by atoms with Crippen LogP contribution in [0, 0.1) is 13.8 Å². The lowest BCUT2D eigenvalue weighted by atomic mass is 10.1. The molecule has 3 heterocycles. The molecule has 2 amide bonds. The van der Waals surface area contributed by atoms with Gasteiger partial charge in [0.15, 0.2) is 5.76 Å². The second-order valence-electron chi connectivity index (χ2n) is 5.39. The monoisotopic (exact) mass is 318 g/mol. The smallest absolute Gasteiger partial charge is 0.289 e. The van der Waals surface area contributed by atoms with E-state index >= 15 is 0 Å². The maximum absolute atomic E-state index is 12.5. The predicted octanol–water partition coefficient (Wildman–Crippen LogP) is 2.56. The summed E-state index contributed by atoms with van der Waals surface area (Å²) in [6.45, 7) is 6.19. The van der Waals surface area contributed by atoms with Crippen LogP contribution in [0.15, 0.2) is 28.2 Å². The van der Waals surface area contributed by atoms with E-state index in [2.05, 4.69) is 0 Å². The SMILES string of the molecule is Cc1scc(C(=O)N2CCN(C(=O)c3ccco3)CC2)c1C. The van der Waals surface area contributed by atoms with Gasteiger partial charge in [-0.3, -0.25) is 9.59 Å². The minimum absolute atomic E-state index is 0.0620. The number of thiophene rings is 1. The second kappa shape index (κ2) is 5.96. The highest BCUT2D eigenvalue weighted by atomic mass is 32.1. The Bertz CT molecular complexity index is 682. The Balaban J connectivity index is 1.63. The quantitative estimate of drug-likeness (QED) is 0.855. The first-order valence-corrected chi connectivity index (χ1v) is 8.12. The van der Waals surface area contributed by atoms with Crippen LogP contribution in [-0.4, -0.2) is 47.8 Å². The van der Waals surface area contributed by atoms with Gasteiger partial charge in [0.25, 0.3) is 11.8 Å². The van der Waals surface area contributed by atoms with Crippen LogP contribution in [0.3, 0.4) is 0 Å². The van der Waals surface area contributed by atoms with Crippen molar-refractivity contribution in [2.45, 2.75) is 13.8 Å². The first kappa shape index (κ1) is 14.8. The predicted molar refractivity (Wildman–Crippen MR) is 84.3 cm³/mol. The molecular weight excluding hydrogens is 300 g/mol. The largest absolute Gasteiger partial charge is 0.459 e. The Morgan fingerprint density at radius 1 is 1.09 bits per heavy atom. The van der Waals surface area contributed by atoms with Crippen LogP contribution < -0.4 is 0 Å². The molecule has 2 aromatic rings. The maximum atomic E-state index is 12.5. The number of carbonyl (C=O) groups is 2. The Morgan fingerprint density at radius 2 is 1.73 bits per heavy atom. The van der Waals surface area contributed by atoms with E-state index in [1.807, 2.05) is 24.1 Å². The van der Waals surface area contributed by atoms with Crippen LogP contribution >= 0.6 is 11.3 Å². The number of rotatable bonds is 2. The maximum Gasteiger partial charge on any atom is 0.289 e. The van der Waals surface area contributed by atoms with Gasteiger partial charge in [-0.05, 0) is 31.5 Å². The van der Waals surface area contributed by atoms with E-state index in [0.717, 1.165) is 11.1 Å². The summed E-state index contributed by atoms with van der Waals surface area (Å²) in [5.41, 5.74) is 1.84. The van der Waals surface area contributed by atoms with Gasteiger partial charge in [-0.15, -0.1) is 11.3 Å². The van der Waals surface area contributed by atoms with Crippen LogP contribution in [0.4, 0.5) is 0 Å². The van der Waals surface area contributed by atoms with E-state index in [9.17, 15) is 9.59 Å². The minimum Gasteiger partial charge on any atom is -0.459 e. The first-order chi connectivity index (χ1) is 10.6. The summed E-state index contributed by atoms with van der Waals surface area (Å²) in [7, 11) is 0. The average molecular weight is 318 g/mol. The van der Waals surface area contributed by atoms with E-state index in [-0.39, 0.29) is 11.8 Å². The molecule has 22 heavy (non-hydrogen) atoms. The van der Waals surface area contributed by atoms with Gasteiger partial charge in [-0.1, -0.05) is 0 Å². The molecule has 0 atom stereocenters. The van der Waals surface area contributed by atoms with Crippen LogP contribution in [0.1, 0.15) is 31.4 Å². The van der Waals surface area contributed by atoms with Crippen molar-refractivity contribution in [3.05, 3.63) is 45.5 Å². The van der Waals surface area contributed by atoms with Gasteiger partial charge >= 0.3 is 0 Å². The van der Waals surface area contributed by atoms with Gasteiger partial charge in [-0.2, -0.15) is 0 Å². The molecule has 0 saturated carbocycles. The van der Waals surface area contributed by atoms with Crippen molar-refractivity contribution >= 4 is 23.2 Å².